The molecule has 1 aliphatic rings. The van der Waals surface area contributed by atoms with Crippen molar-refractivity contribution in [3.8, 4) is 0 Å². The topological polar surface area (TPSA) is 84.2 Å². The second-order valence-electron chi connectivity index (χ2n) is 6.22. The minimum absolute atomic E-state index is 0.0432. The van der Waals surface area contributed by atoms with Gasteiger partial charge in [0.1, 0.15) is 0 Å². The maximum Gasteiger partial charge on any atom is 0.229 e. The van der Waals surface area contributed by atoms with E-state index in [2.05, 4.69) is 10.0 Å². The molecule has 3 rings (SSSR count). The van der Waals surface area contributed by atoms with Gasteiger partial charge in [-0.1, -0.05) is 29.3 Å². The lowest BCUT2D eigenvalue weighted by Crippen LogP contribution is -2.31. The highest BCUT2D eigenvalue weighted by atomic mass is 35.5. The van der Waals surface area contributed by atoms with Crippen LogP contribution in [0.2, 0.25) is 10.0 Å². The van der Waals surface area contributed by atoms with Gasteiger partial charge in [-0.15, -0.1) is 0 Å². The van der Waals surface area contributed by atoms with E-state index in [9.17, 15) is 8.42 Å². The third-order valence-corrected chi connectivity index (χ3v) is 5.52. The number of nitrogen functional groups attached to an aromatic ring is 1. The van der Waals surface area contributed by atoms with E-state index < -0.39 is 10.0 Å². The van der Waals surface area contributed by atoms with Crippen molar-refractivity contribution in [3.63, 3.8) is 0 Å². The van der Waals surface area contributed by atoms with Gasteiger partial charge in [-0.25, -0.2) is 8.42 Å². The molecule has 25 heavy (non-hydrogen) atoms. The first-order chi connectivity index (χ1) is 11.7. The molecule has 2 aromatic rings. The first kappa shape index (κ1) is 18.3. The van der Waals surface area contributed by atoms with E-state index in [4.69, 9.17) is 28.9 Å². The van der Waals surface area contributed by atoms with E-state index in [0.29, 0.717) is 27.8 Å². The highest BCUT2D eigenvalue weighted by Crippen LogP contribution is 2.33. The first-order valence-electron chi connectivity index (χ1n) is 7.80. The maximum atomic E-state index is 11.6. The normalized spacial score (nSPS) is 17.2. The van der Waals surface area contributed by atoms with E-state index >= 15 is 0 Å². The highest BCUT2D eigenvalue weighted by molar-refractivity contribution is 7.92. The van der Waals surface area contributed by atoms with Crippen molar-refractivity contribution in [2.45, 2.75) is 18.9 Å². The van der Waals surface area contributed by atoms with Crippen LogP contribution < -0.4 is 15.8 Å². The molecule has 0 saturated heterocycles. The van der Waals surface area contributed by atoms with E-state index in [1.807, 2.05) is 24.3 Å². The summed E-state index contributed by atoms with van der Waals surface area (Å²) < 4.78 is 25.6. The van der Waals surface area contributed by atoms with Crippen LogP contribution in [-0.4, -0.2) is 21.2 Å². The van der Waals surface area contributed by atoms with Crippen LogP contribution in [-0.2, 0) is 22.9 Å². The Morgan fingerprint density at radius 2 is 2.00 bits per heavy atom. The Kier molecular flexibility index (Phi) is 5.16. The second-order valence-corrected chi connectivity index (χ2v) is 8.78. The average molecular weight is 400 g/mol. The summed E-state index contributed by atoms with van der Waals surface area (Å²) in [4.78, 5) is 0. The SMILES string of the molecule is CS(=O)(=O)Nc1cc2c(cc1N)CCNC2Cc1ccc(Cl)c(Cl)c1. The summed E-state index contributed by atoms with van der Waals surface area (Å²) in [7, 11) is -3.40. The molecule has 1 heterocycles. The number of hydrogen-bond donors (Lipinski definition) is 3. The summed E-state index contributed by atoms with van der Waals surface area (Å²) in [6, 6.07) is 9.29. The second kappa shape index (κ2) is 7.03. The van der Waals surface area contributed by atoms with Crippen LogP contribution in [0.1, 0.15) is 22.7 Å². The fourth-order valence-corrected chi connectivity index (χ4v) is 3.98. The van der Waals surface area contributed by atoms with E-state index in [1.54, 1.807) is 6.07 Å². The number of sulfonamides is 1. The van der Waals surface area contributed by atoms with E-state index in [1.165, 1.54) is 0 Å². The lowest BCUT2D eigenvalue weighted by Gasteiger charge is -2.28. The zero-order valence-electron chi connectivity index (χ0n) is 13.6. The van der Waals surface area contributed by atoms with Crippen LogP contribution in [0.4, 0.5) is 11.4 Å². The van der Waals surface area contributed by atoms with Crippen LogP contribution >= 0.6 is 23.2 Å². The highest BCUT2D eigenvalue weighted by Gasteiger charge is 2.22. The van der Waals surface area contributed by atoms with E-state index in [0.717, 1.165) is 35.9 Å². The Balaban J connectivity index is 1.94. The summed E-state index contributed by atoms with van der Waals surface area (Å²) in [6.45, 7) is 0.831. The molecule has 8 heteroatoms. The molecule has 0 aliphatic carbocycles. The van der Waals surface area contributed by atoms with Gasteiger partial charge in [-0.3, -0.25) is 4.72 Å². The van der Waals surface area contributed by atoms with Crippen molar-refractivity contribution < 1.29 is 8.42 Å². The van der Waals surface area contributed by atoms with Crippen molar-refractivity contribution in [2.24, 2.45) is 0 Å². The molecule has 1 unspecified atom stereocenters. The van der Waals surface area contributed by atoms with Gasteiger partial charge in [-0.2, -0.15) is 0 Å². The van der Waals surface area contributed by atoms with Crippen LogP contribution in [0.15, 0.2) is 30.3 Å². The lowest BCUT2D eigenvalue weighted by molar-refractivity contribution is 0.503. The number of rotatable bonds is 4. The molecule has 0 spiro atoms. The van der Waals surface area contributed by atoms with Crippen molar-refractivity contribution in [3.05, 3.63) is 57.1 Å². The van der Waals surface area contributed by atoms with Crippen molar-refractivity contribution in [1.82, 2.24) is 5.32 Å². The fraction of sp³-hybridized carbons (Fsp3) is 0.294. The standard InChI is InChI=1S/C17H19Cl2N3O2S/c1-25(23,24)22-17-9-12-11(8-15(17)20)4-5-21-16(12)7-10-2-3-13(18)14(19)6-10/h2-3,6,8-9,16,21-22H,4-5,7,20H2,1H3. The maximum absolute atomic E-state index is 11.6. The number of benzene rings is 2. The quantitative estimate of drug-likeness (QED) is 0.687. The molecule has 0 bridgehead atoms. The largest absolute Gasteiger partial charge is 0.397 e. The molecule has 134 valence electrons. The van der Waals surface area contributed by atoms with Crippen LogP contribution in [0.5, 0.6) is 0 Å². The smallest absolute Gasteiger partial charge is 0.229 e. The van der Waals surface area contributed by atoms with Crippen molar-refractivity contribution in [1.29, 1.82) is 0 Å². The molecular formula is C17H19Cl2N3O2S. The molecular weight excluding hydrogens is 381 g/mol. The van der Waals surface area contributed by atoms with Gasteiger partial charge in [-0.05, 0) is 60.3 Å². The molecule has 0 radical (unpaired) electrons. The third kappa shape index (κ3) is 4.39. The molecule has 5 nitrogen and oxygen atoms in total. The van der Waals surface area contributed by atoms with Crippen LogP contribution in [0.3, 0.4) is 0 Å². The molecule has 0 amide bonds. The van der Waals surface area contributed by atoms with Gasteiger partial charge < -0.3 is 11.1 Å². The van der Waals surface area contributed by atoms with Gasteiger partial charge in [0, 0.05) is 6.04 Å². The molecule has 1 aliphatic heterocycles. The van der Waals surface area contributed by atoms with Gasteiger partial charge in [0.05, 0.1) is 27.7 Å². The Morgan fingerprint density at radius 3 is 2.68 bits per heavy atom. The summed E-state index contributed by atoms with van der Waals surface area (Å²) in [5.41, 5.74) is 10.1. The number of anilines is 2. The van der Waals surface area contributed by atoms with Crippen molar-refractivity contribution in [2.75, 3.05) is 23.3 Å². The number of nitrogens with two attached hydrogens (primary N) is 1. The predicted molar refractivity (Wildman–Crippen MR) is 104 cm³/mol. The fourth-order valence-electron chi connectivity index (χ4n) is 3.08. The molecule has 0 aromatic heterocycles. The van der Waals surface area contributed by atoms with Crippen LogP contribution in [0, 0.1) is 0 Å². The van der Waals surface area contributed by atoms with Gasteiger partial charge in [0.15, 0.2) is 0 Å². The monoisotopic (exact) mass is 399 g/mol. The molecule has 0 fully saturated rings. The molecule has 1 atom stereocenters. The number of fused-ring (bicyclic) bond motifs is 1. The van der Waals surface area contributed by atoms with E-state index in [-0.39, 0.29) is 6.04 Å². The van der Waals surface area contributed by atoms with Crippen LogP contribution in [0.25, 0.3) is 0 Å². The van der Waals surface area contributed by atoms with Crippen molar-refractivity contribution >= 4 is 44.6 Å². The number of halogens is 2. The summed E-state index contributed by atoms with van der Waals surface area (Å²) in [6.07, 6.45) is 2.67. The van der Waals surface area contributed by atoms with Gasteiger partial charge >= 0.3 is 0 Å². The zero-order chi connectivity index (χ0) is 18.2. The minimum Gasteiger partial charge on any atom is -0.397 e. The van der Waals surface area contributed by atoms with Gasteiger partial charge in [0.2, 0.25) is 10.0 Å². The minimum atomic E-state index is -3.40. The Labute approximate surface area is 157 Å². The zero-order valence-corrected chi connectivity index (χ0v) is 16.0. The molecule has 2 aromatic carbocycles. The Morgan fingerprint density at radius 1 is 1.24 bits per heavy atom. The lowest BCUT2D eigenvalue weighted by atomic mass is 9.89. The molecule has 4 N–H and O–H groups in total. The summed E-state index contributed by atoms with van der Waals surface area (Å²) >= 11 is 12.1. The third-order valence-electron chi connectivity index (χ3n) is 4.19. The molecule has 0 saturated carbocycles. The van der Waals surface area contributed by atoms with Gasteiger partial charge in [0.25, 0.3) is 0 Å². The predicted octanol–water partition coefficient (Wildman–Crippen LogP) is 3.38. The Hall–Kier alpha value is -1.47. The summed E-state index contributed by atoms with van der Waals surface area (Å²) in [5, 5.41) is 4.52. The average Bonchev–Trinajstić information content (AvgIpc) is 2.51. The number of hydrogen-bond acceptors (Lipinski definition) is 4. The summed E-state index contributed by atoms with van der Waals surface area (Å²) in [5.74, 6) is 0. The number of nitrogens with one attached hydrogen (secondary N) is 2. The Bertz CT molecular complexity index is 916. The first-order valence-corrected chi connectivity index (χ1v) is 10.4.